The summed E-state index contributed by atoms with van der Waals surface area (Å²) < 4.78 is 5.07. The molecule has 0 amide bonds. The number of ether oxygens (including phenoxy) is 1. The third kappa shape index (κ3) is 19.5. The summed E-state index contributed by atoms with van der Waals surface area (Å²) in [5, 5.41) is 9.24. The van der Waals surface area contributed by atoms with E-state index in [1.807, 2.05) is 0 Å². The number of carbonyl (C=O) groups excluding carboxylic acids is 1. The lowest BCUT2D eigenvalue weighted by Gasteiger charge is -2.07. The van der Waals surface area contributed by atoms with E-state index < -0.39 is 6.10 Å². The Hall–Kier alpha value is -0.870. The molecule has 0 rings (SSSR count). The number of unbranched alkanes of at least 4 members (excludes halogenated alkanes) is 12. The predicted octanol–water partition coefficient (Wildman–Crippen LogP) is 5.28. The van der Waals surface area contributed by atoms with Crippen LogP contribution >= 0.6 is 0 Å². The summed E-state index contributed by atoms with van der Waals surface area (Å²) >= 11 is 0. The van der Waals surface area contributed by atoms with Crippen molar-refractivity contribution >= 4 is 5.97 Å². The van der Waals surface area contributed by atoms with Crippen LogP contribution in [-0.2, 0) is 9.53 Å². The molecule has 3 N–H and O–H groups in total. The first kappa shape index (κ1) is 25.1. The second kappa shape index (κ2) is 20.4. The average molecular weight is 370 g/mol. The molecule has 4 heteroatoms. The van der Waals surface area contributed by atoms with E-state index in [1.165, 1.54) is 77.0 Å². The van der Waals surface area contributed by atoms with Crippen LogP contribution in [0, 0.1) is 0 Å². The second-order valence-corrected chi connectivity index (χ2v) is 7.25. The van der Waals surface area contributed by atoms with E-state index in [0.717, 1.165) is 12.8 Å². The van der Waals surface area contributed by atoms with Crippen LogP contribution in [0.3, 0.4) is 0 Å². The van der Waals surface area contributed by atoms with Crippen molar-refractivity contribution in [1.82, 2.24) is 0 Å². The van der Waals surface area contributed by atoms with E-state index in [1.54, 1.807) is 0 Å². The van der Waals surface area contributed by atoms with Crippen molar-refractivity contribution < 1.29 is 14.6 Å². The van der Waals surface area contributed by atoms with Crippen molar-refractivity contribution in [3.63, 3.8) is 0 Å². The van der Waals surface area contributed by atoms with Gasteiger partial charge in [0.25, 0.3) is 0 Å². The zero-order chi connectivity index (χ0) is 19.3. The standard InChI is InChI=1S/C22H43NO3/c1-2-3-4-5-6-7-8-9-10-11-12-13-14-15-16-17-18-26-22(25)19-21(24)20-23/h9-10,21,24H,2-8,11-20,23H2,1H3/b10-9-. The molecule has 1 unspecified atom stereocenters. The monoisotopic (exact) mass is 369 g/mol. The van der Waals surface area contributed by atoms with Crippen molar-refractivity contribution in [2.24, 2.45) is 5.73 Å². The highest BCUT2D eigenvalue weighted by atomic mass is 16.5. The van der Waals surface area contributed by atoms with Crippen LogP contribution in [0.2, 0.25) is 0 Å². The molecule has 0 aliphatic carbocycles. The molecule has 0 aliphatic heterocycles. The minimum atomic E-state index is -0.776. The molecule has 154 valence electrons. The Kier molecular flexibility index (Phi) is 19.8. The van der Waals surface area contributed by atoms with Crippen molar-refractivity contribution in [1.29, 1.82) is 0 Å². The molecule has 26 heavy (non-hydrogen) atoms. The Labute approximate surface area is 161 Å². The smallest absolute Gasteiger partial charge is 0.308 e. The Morgan fingerprint density at radius 2 is 1.38 bits per heavy atom. The fourth-order valence-electron chi connectivity index (χ4n) is 2.87. The van der Waals surface area contributed by atoms with Crippen LogP contribution in [0.4, 0.5) is 0 Å². The van der Waals surface area contributed by atoms with E-state index in [2.05, 4.69) is 19.1 Å². The number of hydrogen-bond acceptors (Lipinski definition) is 4. The first-order chi connectivity index (χ1) is 12.7. The summed E-state index contributed by atoms with van der Waals surface area (Å²) in [6.07, 6.45) is 21.6. The molecule has 1 atom stereocenters. The van der Waals surface area contributed by atoms with Gasteiger partial charge in [-0.15, -0.1) is 0 Å². The molecule has 0 bridgehead atoms. The second-order valence-electron chi connectivity index (χ2n) is 7.25. The average Bonchev–Trinajstić information content (AvgIpc) is 2.64. The van der Waals surface area contributed by atoms with Crippen molar-refractivity contribution in [2.45, 2.75) is 109 Å². The summed E-state index contributed by atoms with van der Waals surface area (Å²) in [5.41, 5.74) is 5.25. The van der Waals surface area contributed by atoms with Crippen LogP contribution in [0.15, 0.2) is 12.2 Å². The zero-order valence-corrected chi connectivity index (χ0v) is 17.1. The van der Waals surface area contributed by atoms with Gasteiger partial charge in [-0.1, -0.05) is 76.9 Å². The van der Waals surface area contributed by atoms with Crippen molar-refractivity contribution in [3.8, 4) is 0 Å². The maximum Gasteiger partial charge on any atom is 0.308 e. The Morgan fingerprint density at radius 3 is 1.92 bits per heavy atom. The lowest BCUT2D eigenvalue weighted by Crippen LogP contribution is -2.24. The molecule has 0 aromatic carbocycles. The molecular weight excluding hydrogens is 326 g/mol. The number of carbonyl (C=O) groups is 1. The summed E-state index contributed by atoms with van der Waals surface area (Å²) in [5.74, 6) is -0.351. The molecular formula is C22H43NO3. The number of aliphatic hydroxyl groups excluding tert-OH is 1. The Balaban J connectivity index is 3.19. The van der Waals surface area contributed by atoms with Crippen molar-refractivity contribution in [3.05, 3.63) is 12.2 Å². The van der Waals surface area contributed by atoms with Gasteiger partial charge in [-0.3, -0.25) is 4.79 Å². The van der Waals surface area contributed by atoms with E-state index in [-0.39, 0.29) is 18.9 Å². The van der Waals surface area contributed by atoms with Gasteiger partial charge in [0.1, 0.15) is 0 Å². The molecule has 0 saturated heterocycles. The number of esters is 1. The normalized spacial score (nSPS) is 12.6. The number of rotatable bonds is 19. The third-order valence-electron chi connectivity index (χ3n) is 4.59. The Morgan fingerprint density at radius 1 is 0.885 bits per heavy atom. The summed E-state index contributed by atoms with van der Waals surface area (Å²) in [6.45, 7) is 2.82. The lowest BCUT2D eigenvalue weighted by atomic mass is 10.1. The number of aliphatic hydroxyl groups is 1. The third-order valence-corrected chi connectivity index (χ3v) is 4.59. The molecule has 0 aromatic heterocycles. The van der Waals surface area contributed by atoms with E-state index >= 15 is 0 Å². The number of hydrogen-bond donors (Lipinski definition) is 2. The van der Waals surface area contributed by atoms with Gasteiger partial charge < -0.3 is 15.6 Å². The van der Waals surface area contributed by atoms with Crippen LogP contribution in [0.1, 0.15) is 103 Å². The minimum Gasteiger partial charge on any atom is -0.466 e. The SMILES string of the molecule is CCCCCCCC/C=C\CCCCCCCCOC(=O)CC(O)CN. The van der Waals surface area contributed by atoms with Crippen LogP contribution < -0.4 is 5.73 Å². The highest BCUT2D eigenvalue weighted by molar-refractivity contribution is 5.69. The van der Waals surface area contributed by atoms with Gasteiger partial charge >= 0.3 is 5.97 Å². The maximum absolute atomic E-state index is 11.3. The fraction of sp³-hybridized carbons (Fsp3) is 0.864. The predicted molar refractivity (Wildman–Crippen MR) is 110 cm³/mol. The highest BCUT2D eigenvalue weighted by Gasteiger charge is 2.09. The largest absolute Gasteiger partial charge is 0.466 e. The number of allylic oxidation sites excluding steroid dienone is 2. The maximum atomic E-state index is 11.3. The Bertz CT molecular complexity index is 331. The fourth-order valence-corrected chi connectivity index (χ4v) is 2.87. The van der Waals surface area contributed by atoms with Gasteiger partial charge in [-0.05, 0) is 32.1 Å². The van der Waals surface area contributed by atoms with Gasteiger partial charge in [0, 0.05) is 6.54 Å². The van der Waals surface area contributed by atoms with Gasteiger partial charge in [0.2, 0.25) is 0 Å². The van der Waals surface area contributed by atoms with Crippen LogP contribution in [-0.4, -0.2) is 30.3 Å². The molecule has 0 saturated carbocycles. The van der Waals surface area contributed by atoms with Crippen LogP contribution in [0.5, 0.6) is 0 Å². The molecule has 0 fully saturated rings. The van der Waals surface area contributed by atoms with Gasteiger partial charge in [0.15, 0.2) is 0 Å². The van der Waals surface area contributed by atoms with Crippen LogP contribution in [0.25, 0.3) is 0 Å². The summed E-state index contributed by atoms with van der Waals surface area (Å²) in [6, 6.07) is 0. The van der Waals surface area contributed by atoms with E-state index in [9.17, 15) is 9.90 Å². The van der Waals surface area contributed by atoms with Gasteiger partial charge in [0.05, 0.1) is 19.1 Å². The van der Waals surface area contributed by atoms with Crippen molar-refractivity contribution in [2.75, 3.05) is 13.2 Å². The van der Waals surface area contributed by atoms with Gasteiger partial charge in [-0.2, -0.15) is 0 Å². The lowest BCUT2D eigenvalue weighted by molar-refractivity contribution is -0.145. The minimum absolute atomic E-state index is 0.00285. The molecule has 4 nitrogen and oxygen atoms in total. The first-order valence-electron chi connectivity index (χ1n) is 10.9. The molecule has 0 aliphatic rings. The molecule has 0 spiro atoms. The quantitative estimate of drug-likeness (QED) is 0.185. The van der Waals surface area contributed by atoms with E-state index in [0.29, 0.717) is 6.61 Å². The van der Waals surface area contributed by atoms with Gasteiger partial charge in [-0.25, -0.2) is 0 Å². The molecule has 0 heterocycles. The summed E-state index contributed by atoms with van der Waals surface area (Å²) in [4.78, 5) is 11.3. The number of nitrogens with two attached hydrogens (primary N) is 1. The zero-order valence-electron chi connectivity index (χ0n) is 17.1. The summed E-state index contributed by atoms with van der Waals surface area (Å²) in [7, 11) is 0. The first-order valence-corrected chi connectivity index (χ1v) is 10.9. The molecule has 0 aromatic rings. The topological polar surface area (TPSA) is 72.5 Å². The van der Waals surface area contributed by atoms with E-state index in [4.69, 9.17) is 10.5 Å². The highest BCUT2D eigenvalue weighted by Crippen LogP contribution is 2.10. The molecule has 0 radical (unpaired) electrons.